The zero-order chi connectivity index (χ0) is 27.1. The Hall–Kier alpha value is -0.810. The average molecular weight is 532 g/mol. The maximum absolute atomic E-state index is 12.2. The van der Waals surface area contributed by atoms with E-state index >= 15 is 0 Å². The quantitative estimate of drug-likeness (QED) is 0.307. The van der Waals surface area contributed by atoms with E-state index in [-0.39, 0.29) is 23.7 Å². The van der Waals surface area contributed by atoms with Gasteiger partial charge in [-0.15, -0.1) is 0 Å². The van der Waals surface area contributed by atoms with Crippen molar-refractivity contribution in [1.29, 1.82) is 0 Å². The van der Waals surface area contributed by atoms with Gasteiger partial charge in [-0.2, -0.15) is 0 Å². The number of carbonyl (C=O) groups is 1. The lowest BCUT2D eigenvalue weighted by atomic mass is 9.41. The first-order valence-corrected chi connectivity index (χ1v) is 16.5. The monoisotopic (exact) mass is 531 g/mol. The van der Waals surface area contributed by atoms with E-state index in [0.717, 1.165) is 51.4 Å². The molecule has 0 aromatic rings. The van der Waals surface area contributed by atoms with Crippen molar-refractivity contribution < 1.29 is 19.7 Å². The molecule has 0 heterocycles. The Bertz CT molecular complexity index is 813. The Labute approximate surface area is 232 Å². The predicted molar refractivity (Wildman–Crippen MR) is 152 cm³/mol. The summed E-state index contributed by atoms with van der Waals surface area (Å²) in [7, 11) is 0. The lowest BCUT2D eigenvalue weighted by Crippen LogP contribution is -2.62. The molecule has 5 aliphatic carbocycles. The van der Waals surface area contributed by atoms with Gasteiger partial charge in [-0.25, -0.2) is 4.79 Å². The molecule has 5 saturated carbocycles. The van der Waals surface area contributed by atoms with E-state index in [1.807, 2.05) is 0 Å². The number of fused-ring (bicyclic) bond motifs is 5. The fourth-order valence-electron chi connectivity index (χ4n) is 11.2. The number of aliphatic hydroxyl groups excluding tert-OH is 2. The molecule has 0 saturated heterocycles. The van der Waals surface area contributed by atoms with Gasteiger partial charge in [-0.05, 0) is 123 Å². The molecule has 1 amide bonds. The summed E-state index contributed by atoms with van der Waals surface area (Å²) in [6, 6.07) is 0.305. The van der Waals surface area contributed by atoms with Gasteiger partial charge in [0.05, 0.1) is 18.8 Å². The first-order valence-electron chi connectivity index (χ1n) is 16.5. The molecular formula is C33H57NO4. The van der Waals surface area contributed by atoms with Crippen molar-refractivity contribution in [3.8, 4) is 0 Å². The lowest BCUT2D eigenvalue weighted by Gasteiger charge is -2.64. The van der Waals surface area contributed by atoms with Crippen LogP contribution in [0.2, 0.25) is 0 Å². The maximum atomic E-state index is 12.2. The molecule has 218 valence electrons. The van der Waals surface area contributed by atoms with Crippen LogP contribution < -0.4 is 5.32 Å². The SMILES string of the molecule is CC[C@H]1[C@@H](O)C2[C@@H]3CC[C@H]([C@H](C)CCCOC(=O)NC4CCCCC4)C3(C)CC[C@@H]2[C@@]2(C)CC[C@@H](O)C[C@@H]12. The molecule has 5 fully saturated rings. The van der Waals surface area contributed by atoms with E-state index in [4.69, 9.17) is 4.74 Å². The normalized spacial score (nSPS) is 45.9. The first-order chi connectivity index (χ1) is 18.2. The summed E-state index contributed by atoms with van der Waals surface area (Å²) < 4.78 is 5.57. The van der Waals surface area contributed by atoms with Crippen LogP contribution in [0.5, 0.6) is 0 Å². The second kappa shape index (κ2) is 11.6. The van der Waals surface area contributed by atoms with Crippen molar-refractivity contribution in [2.24, 2.45) is 52.3 Å². The third-order valence-corrected chi connectivity index (χ3v) is 13.1. The molecule has 0 aromatic carbocycles. The zero-order valence-electron chi connectivity index (χ0n) is 24.8. The Balaban J connectivity index is 1.18. The first kappa shape index (κ1) is 28.7. The highest BCUT2D eigenvalue weighted by Crippen LogP contribution is 2.69. The van der Waals surface area contributed by atoms with Gasteiger partial charge in [-0.3, -0.25) is 0 Å². The molecule has 0 bridgehead atoms. The van der Waals surface area contributed by atoms with Gasteiger partial charge in [0, 0.05) is 6.04 Å². The van der Waals surface area contributed by atoms with E-state index < -0.39 is 0 Å². The highest BCUT2D eigenvalue weighted by molar-refractivity contribution is 5.67. The number of rotatable bonds is 7. The van der Waals surface area contributed by atoms with Crippen LogP contribution in [0.25, 0.3) is 0 Å². The zero-order valence-corrected chi connectivity index (χ0v) is 24.8. The van der Waals surface area contributed by atoms with Crippen molar-refractivity contribution >= 4 is 6.09 Å². The van der Waals surface area contributed by atoms with Crippen molar-refractivity contribution in [3.05, 3.63) is 0 Å². The molecule has 0 radical (unpaired) electrons. The highest BCUT2D eigenvalue weighted by atomic mass is 16.5. The summed E-state index contributed by atoms with van der Waals surface area (Å²) in [6.45, 7) is 10.3. The predicted octanol–water partition coefficient (Wildman–Crippen LogP) is 7.09. The topological polar surface area (TPSA) is 78.8 Å². The Morgan fingerprint density at radius 2 is 1.66 bits per heavy atom. The number of nitrogens with one attached hydrogen (secondary N) is 1. The number of alkyl carbamates (subject to hydrolysis) is 1. The van der Waals surface area contributed by atoms with Crippen molar-refractivity contribution in [1.82, 2.24) is 5.32 Å². The number of amides is 1. The minimum atomic E-state index is -0.227. The van der Waals surface area contributed by atoms with Gasteiger partial charge in [0.15, 0.2) is 0 Å². The second-order valence-corrected chi connectivity index (χ2v) is 14.9. The summed E-state index contributed by atoms with van der Waals surface area (Å²) in [5, 5.41) is 25.5. The fourth-order valence-corrected chi connectivity index (χ4v) is 11.2. The highest BCUT2D eigenvalue weighted by Gasteiger charge is 2.64. The molecule has 0 aromatic heterocycles. The van der Waals surface area contributed by atoms with Crippen molar-refractivity contribution in [3.63, 3.8) is 0 Å². The van der Waals surface area contributed by atoms with Gasteiger partial charge in [0.1, 0.15) is 0 Å². The number of aliphatic hydroxyl groups is 2. The summed E-state index contributed by atoms with van der Waals surface area (Å²) in [5.74, 6) is 3.72. The van der Waals surface area contributed by atoms with Gasteiger partial charge in [0.2, 0.25) is 0 Å². The lowest BCUT2D eigenvalue weighted by molar-refractivity contribution is -0.203. The minimum Gasteiger partial charge on any atom is -0.450 e. The van der Waals surface area contributed by atoms with Crippen molar-refractivity contribution in [2.45, 2.75) is 142 Å². The van der Waals surface area contributed by atoms with Crippen molar-refractivity contribution in [2.75, 3.05) is 6.61 Å². The number of hydrogen-bond acceptors (Lipinski definition) is 4. The molecule has 0 aliphatic heterocycles. The van der Waals surface area contributed by atoms with Crippen LogP contribution in [0.15, 0.2) is 0 Å². The van der Waals surface area contributed by atoms with E-state index in [1.165, 1.54) is 44.9 Å². The summed E-state index contributed by atoms with van der Waals surface area (Å²) in [6.07, 6.45) is 16.3. The Morgan fingerprint density at radius 1 is 0.947 bits per heavy atom. The van der Waals surface area contributed by atoms with Crippen LogP contribution in [0.4, 0.5) is 4.79 Å². The fraction of sp³-hybridized carbons (Fsp3) is 0.970. The molecule has 3 N–H and O–H groups in total. The smallest absolute Gasteiger partial charge is 0.407 e. The van der Waals surface area contributed by atoms with E-state index in [1.54, 1.807) is 0 Å². The molecule has 5 nitrogen and oxygen atoms in total. The van der Waals surface area contributed by atoms with Crippen LogP contribution in [0.3, 0.4) is 0 Å². The molecule has 11 atom stereocenters. The molecule has 5 aliphatic rings. The third kappa shape index (κ3) is 5.17. The largest absolute Gasteiger partial charge is 0.450 e. The van der Waals surface area contributed by atoms with Gasteiger partial charge in [0.25, 0.3) is 0 Å². The Morgan fingerprint density at radius 3 is 2.39 bits per heavy atom. The Kier molecular flexibility index (Phi) is 8.75. The second-order valence-electron chi connectivity index (χ2n) is 14.9. The summed E-state index contributed by atoms with van der Waals surface area (Å²) in [5.41, 5.74) is 0.570. The average Bonchev–Trinajstić information content (AvgIpc) is 3.25. The van der Waals surface area contributed by atoms with Gasteiger partial charge in [-0.1, -0.05) is 53.4 Å². The molecule has 2 unspecified atom stereocenters. The molecule has 5 heteroatoms. The van der Waals surface area contributed by atoms with Crippen LogP contribution in [-0.2, 0) is 4.74 Å². The standard InChI is InChI=1S/C33H57NO4/c1-5-24-28-20-23(35)15-17-33(28,4)27-16-18-32(3)25(13-14-26(32)29(27)30(24)36)21(2)10-9-19-38-31(37)34-22-11-7-6-8-12-22/h21-30,35-36H,5-20H2,1-4H3,(H,34,37)/t21-,23-,24-,25-,26+,27+,28+,29?,30-,32?,33-/m1/s1. The molecular weight excluding hydrogens is 474 g/mol. The summed E-state index contributed by atoms with van der Waals surface area (Å²) >= 11 is 0. The third-order valence-electron chi connectivity index (χ3n) is 13.1. The van der Waals surface area contributed by atoms with E-state index in [9.17, 15) is 15.0 Å². The van der Waals surface area contributed by atoms with Crippen LogP contribution in [0.1, 0.15) is 124 Å². The molecule has 38 heavy (non-hydrogen) atoms. The van der Waals surface area contributed by atoms with E-state index in [2.05, 4.69) is 33.0 Å². The van der Waals surface area contributed by atoms with E-state index in [0.29, 0.717) is 59.5 Å². The number of carbonyl (C=O) groups excluding carboxylic acids is 1. The van der Waals surface area contributed by atoms with Gasteiger partial charge >= 0.3 is 6.09 Å². The maximum Gasteiger partial charge on any atom is 0.407 e. The van der Waals surface area contributed by atoms with Crippen LogP contribution in [0, 0.1) is 52.3 Å². The minimum absolute atomic E-state index is 0.182. The molecule has 0 spiro atoms. The van der Waals surface area contributed by atoms with Crippen LogP contribution >= 0.6 is 0 Å². The summed E-state index contributed by atoms with van der Waals surface area (Å²) in [4.78, 5) is 12.2. The number of ether oxygens (including phenoxy) is 1. The number of hydrogen-bond donors (Lipinski definition) is 3. The van der Waals surface area contributed by atoms with Gasteiger partial charge < -0.3 is 20.3 Å². The van der Waals surface area contributed by atoms with Crippen LogP contribution in [-0.4, -0.2) is 41.2 Å². The molecule has 5 rings (SSSR count).